The lowest BCUT2D eigenvalue weighted by molar-refractivity contribution is 0.286. The van der Waals surface area contributed by atoms with Gasteiger partial charge < -0.3 is 14.2 Å². The number of hydrogen-bond acceptors (Lipinski definition) is 2. The number of hydrogen-bond donors (Lipinski definition) is 0. The van der Waals surface area contributed by atoms with Crippen LogP contribution in [-0.2, 0) is 6.50 Å². The highest BCUT2D eigenvalue weighted by molar-refractivity contribution is 5.81. The third-order valence-corrected chi connectivity index (χ3v) is 2.85. The molecule has 0 saturated heterocycles. The van der Waals surface area contributed by atoms with E-state index in [4.69, 9.17) is 8.85 Å². The van der Waals surface area contributed by atoms with Crippen molar-refractivity contribution in [2.24, 2.45) is 0 Å². The normalized spacial score (nSPS) is 18.5. The minimum atomic E-state index is -1.87. The summed E-state index contributed by atoms with van der Waals surface area (Å²) in [5.41, 5.74) is 0.746. The summed E-state index contributed by atoms with van der Waals surface area (Å²) in [6.07, 6.45) is 1.68. The van der Waals surface area contributed by atoms with Crippen molar-refractivity contribution in [2.45, 2.75) is 19.4 Å². The molecule has 0 amide bonds. The molecule has 0 radical (unpaired) electrons. The van der Waals surface area contributed by atoms with Gasteiger partial charge in [-0.2, -0.15) is 0 Å². The maximum atomic E-state index is 8.37. The fourth-order valence-corrected chi connectivity index (χ4v) is 1.62. The Kier molecular flexibility index (Phi) is 2.42. The summed E-state index contributed by atoms with van der Waals surface area (Å²) in [5, 5.41) is 0.891. The molecule has 2 rings (SSSR count). The van der Waals surface area contributed by atoms with Crippen molar-refractivity contribution in [3.05, 3.63) is 30.5 Å². The van der Waals surface area contributed by atoms with Gasteiger partial charge in [-0.3, -0.25) is 0 Å². The summed E-state index contributed by atoms with van der Waals surface area (Å²) in [6, 6.07) is 5.92. The van der Waals surface area contributed by atoms with Gasteiger partial charge in [-0.15, -0.1) is 0 Å². The van der Waals surface area contributed by atoms with E-state index in [1.54, 1.807) is 45.3 Å². The van der Waals surface area contributed by atoms with Crippen LogP contribution in [0.2, 0.25) is 0 Å². The van der Waals surface area contributed by atoms with E-state index in [2.05, 4.69) is 0 Å². The van der Waals surface area contributed by atoms with Crippen molar-refractivity contribution in [2.75, 3.05) is 21.2 Å². The van der Waals surface area contributed by atoms with E-state index in [0.29, 0.717) is 0 Å². The second kappa shape index (κ2) is 4.80. The summed E-state index contributed by atoms with van der Waals surface area (Å²) >= 11 is 0. The average Bonchev–Trinajstić information content (AvgIpc) is 2.81. The van der Waals surface area contributed by atoms with Gasteiger partial charge in [0.25, 0.3) is 0 Å². The largest absolute Gasteiger partial charge is 0.497 e. The molecule has 0 bridgehead atoms. The van der Waals surface area contributed by atoms with E-state index in [1.807, 2.05) is 18.2 Å². The van der Waals surface area contributed by atoms with E-state index >= 15 is 0 Å². The van der Waals surface area contributed by atoms with E-state index in [-0.39, 0.29) is 0 Å². The van der Waals surface area contributed by atoms with Crippen molar-refractivity contribution in [3.63, 3.8) is 0 Å². The molecular formula is C14H20N2O. The molecule has 0 aliphatic rings. The molecule has 0 aliphatic carbocycles. The minimum Gasteiger partial charge on any atom is -0.497 e. The van der Waals surface area contributed by atoms with Gasteiger partial charge >= 0.3 is 0 Å². The second-order valence-corrected chi connectivity index (χ2v) is 4.20. The van der Waals surface area contributed by atoms with E-state index in [1.165, 1.54) is 4.57 Å². The number of methoxy groups -OCH3 is 1. The Labute approximate surface area is 107 Å². The zero-order valence-electron chi connectivity index (χ0n) is 13.7. The Morgan fingerprint density at radius 2 is 2.24 bits per heavy atom. The molecule has 3 nitrogen and oxygen atoms in total. The van der Waals surface area contributed by atoms with Gasteiger partial charge in [0.2, 0.25) is 0 Å². The number of nitrogens with zero attached hydrogens (tertiary/aromatic N) is 2. The van der Waals surface area contributed by atoms with Crippen LogP contribution in [0.15, 0.2) is 30.5 Å². The first-order valence-electron chi connectivity index (χ1n) is 7.05. The lowest BCUT2D eigenvalue weighted by atomic mass is 10.2. The van der Waals surface area contributed by atoms with Gasteiger partial charge in [-0.25, -0.2) is 0 Å². The Morgan fingerprint density at radius 3 is 2.88 bits per heavy atom. The molecule has 1 atom stereocenters. The number of ether oxygens (including phenoxy) is 1. The standard InChI is InChI=1S/C14H20N2O/c1-11(15(2)3)10-16-8-7-12-9-13(17-4)5-6-14(12)16/h5-9,11H,10H2,1-4H3/t11-/m1/s1/i10D2,11D. The monoisotopic (exact) mass is 235 g/mol. The maximum absolute atomic E-state index is 8.37. The molecule has 1 heterocycles. The van der Waals surface area contributed by atoms with Gasteiger partial charge in [0.15, 0.2) is 0 Å². The van der Waals surface area contributed by atoms with Gasteiger partial charge in [0.05, 0.1) is 9.85 Å². The Hall–Kier alpha value is -1.48. The second-order valence-electron chi connectivity index (χ2n) is 4.20. The highest BCUT2D eigenvalue weighted by atomic mass is 16.5. The Balaban J connectivity index is 2.58. The first kappa shape index (κ1) is 8.59. The summed E-state index contributed by atoms with van der Waals surface area (Å²) < 4.78 is 31.7. The zero-order chi connectivity index (χ0) is 15.1. The molecular weight excluding hydrogens is 212 g/mol. The molecule has 0 saturated carbocycles. The number of fused-ring (bicyclic) bond motifs is 1. The van der Waals surface area contributed by atoms with Crippen molar-refractivity contribution in [3.8, 4) is 5.75 Å². The van der Waals surface area contributed by atoms with Crippen LogP contribution in [0.3, 0.4) is 0 Å². The van der Waals surface area contributed by atoms with Crippen LogP contribution < -0.4 is 4.74 Å². The molecule has 0 fully saturated rings. The molecule has 2 aromatic rings. The summed E-state index contributed by atoms with van der Waals surface area (Å²) in [4.78, 5) is 1.57. The molecule has 0 unspecified atom stereocenters. The first-order chi connectivity index (χ1) is 9.21. The molecule has 92 valence electrons. The van der Waals surface area contributed by atoms with Gasteiger partial charge in [-0.1, -0.05) is 0 Å². The molecule has 3 heteroatoms. The van der Waals surface area contributed by atoms with Crippen molar-refractivity contribution < 1.29 is 8.85 Å². The van der Waals surface area contributed by atoms with Crippen molar-refractivity contribution >= 4 is 10.9 Å². The third-order valence-electron chi connectivity index (χ3n) is 2.85. The molecule has 0 N–H and O–H groups in total. The SMILES string of the molecule is [2H]C([2H])(n1ccc2cc(OC)ccc21)[C@@]([2H])(C)N(C)C. The summed E-state index contributed by atoms with van der Waals surface area (Å²) in [7, 11) is 5.02. The van der Waals surface area contributed by atoms with Crippen LogP contribution in [0.5, 0.6) is 5.75 Å². The zero-order valence-corrected chi connectivity index (χ0v) is 10.7. The molecule has 0 spiro atoms. The fraction of sp³-hybridized carbons (Fsp3) is 0.429. The Morgan fingerprint density at radius 1 is 1.47 bits per heavy atom. The van der Waals surface area contributed by atoms with Crippen molar-refractivity contribution in [1.29, 1.82) is 0 Å². The first-order valence-corrected chi connectivity index (χ1v) is 5.55. The average molecular weight is 235 g/mol. The quantitative estimate of drug-likeness (QED) is 0.810. The summed E-state index contributed by atoms with van der Waals surface area (Å²) in [6.45, 7) is -0.296. The smallest absolute Gasteiger partial charge is 0.119 e. The lowest BCUT2D eigenvalue weighted by Crippen LogP contribution is -2.28. The van der Waals surface area contributed by atoms with Crippen LogP contribution in [0.4, 0.5) is 0 Å². The third kappa shape index (κ3) is 2.44. The van der Waals surface area contributed by atoms with Crippen LogP contribution >= 0.6 is 0 Å². The maximum Gasteiger partial charge on any atom is 0.119 e. The van der Waals surface area contributed by atoms with Crippen LogP contribution in [0.25, 0.3) is 10.9 Å². The topological polar surface area (TPSA) is 17.4 Å². The predicted molar refractivity (Wildman–Crippen MR) is 71.6 cm³/mol. The minimum absolute atomic E-state index is 0.733. The number of benzene rings is 1. The number of likely N-dealkylation sites (N-methyl/N-ethyl adjacent to an activating group) is 1. The highest BCUT2D eigenvalue weighted by Crippen LogP contribution is 2.22. The van der Waals surface area contributed by atoms with Gasteiger partial charge in [0, 0.05) is 31.0 Å². The fourth-order valence-electron chi connectivity index (χ4n) is 1.62. The van der Waals surface area contributed by atoms with Crippen LogP contribution in [0.1, 0.15) is 11.0 Å². The number of aromatic nitrogens is 1. The van der Waals surface area contributed by atoms with Crippen LogP contribution in [0, 0.1) is 0 Å². The lowest BCUT2D eigenvalue weighted by Gasteiger charge is -2.20. The predicted octanol–water partition coefficient (Wildman–Crippen LogP) is 2.60. The summed E-state index contributed by atoms with van der Waals surface area (Å²) in [5.74, 6) is 0.733. The van der Waals surface area contributed by atoms with Crippen molar-refractivity contribution in [1.82, 2.24) is 9.47 Å². The van der Waals surface area contributed by atoms with Gasteiger partial charge in [-0.05, 0) is 45.3 Å². The van der Waals surface area contributed by atoms with E-state index < -0.39 is 12.5 Å². The molecule has 17 heavy (non-hydrogen) atoms. The molecule has 0 aliphatic heterocycles. The van der Waals surface area contributed by atoms with Gasteiger partial charge in [0.1, 0.15) is 5.75 Å². The van der Waals surface area contributed by atoms with E-state index in [0.717, 1.165) is 16.7 Å². The number of rotatable bonds is 4. The van der Waals surface area contributed by atoms with E-state index in [9.17, 15) is 0 Å². The highest BCUT2D eigenvalue weighted by Gasteiger charge is 2.08. The van der Waals surface area contributed by atoms with Crippen LogP contribution in [-0.4, -0.2) is 36.7 Å². The molecule has 1 aromatic heterocycles. The molecule has 1 aromatic carbocycles. The Bertz CT molecular complexity index is 620.